The smallest absolute Gasteiger partial charge is 0.295 e. The van der Waals surface area contributed by atoms with Crippen molar-refractivity contribution < 1.29 is 24.2 Å². The first kappa shape index (κ1) is 22.5. The van der Waals surface area contributed by atoms with Gasteiger partial charge in [0.2, 0.25) is 0 Å². The SMILES string of the molecule is CCOc1ccc(/C(O)=C2/C(=O)C(=O)N(CCOC(C)C)C2c2cccnc2)cc1C. The van der Waals surface area contributed by atoms with Crippen LogP contribution in [0.3, 0.4) is 0 Å². The minimum atomic E-state index is -0.740. The molecule has 1 aliphatic heterocycles. The number of hydrogen-bond donors (Lipinski definition) is 1. The fourth-order valence-corrected chi connectivity index (χ4v) is 3.65. The predicted octanol–water partition coefficient (Wildman–Crippen LogP) is 3.64. The van der Waals surface area contributed by atoms with E-state index in [-0.39, 0.29) is 30.6 Å². The maximum atomic E-state index is 13.0. The summed E-state index contributed by atoms with van der Waals surface area (Å²) in [5, 5.41) is 11.1. The Labute approximate surface area is 182 Å². The second kappa shape index (κ2) is 9.75. The molecule has 1 saturated heterocycles. The molecule has 1 unspecified atom stereocenters. The number of aryl methyl sites for hydroxylation is 1. The van der Waals surface area contributed by atoms with Crippen molar-refractivity contribution in [2.24, 2.45) is 0 Å². The second-order valence-corrected chi connectivity index (χ2v) is 7.61. The maximum absolute atomic E-state index is 13.0. The molecule has 3 rings (SSSR count). The zero-order valence-electron chi connectivity index (χ0n) is 18.3. The summed E-state index contributed by atoms with van der Waals surface area (Å²) in [5.41, 5.74) is 1.97. The van der Waals surface area contributed by atoms with Crippen molar-refractivity contribution in [3.63, 3.8) is 0 Å². The number of aliphatic hydroxyl groups is 1. The largest absolute Gasteiger partial charge is 0.507 e. The van der Waals surface area contributed by atoms with Gasteiger partial charge in [-0.15, -0.1) is 0 Å². The summed E-state index contributed by atoms with van der Waals surface area (Å²) in [6.07, 6.45) is 3.22. The Bertz CT molecular complexity index is 985. The van der Waals surface area contributed by atoms with E-state index in [1.165, 1.54) is 4.90 Å². The molecule has 1 aromatic carbocycles. The molecule has 1 fully saturated rings. The fraction of sp³-hybridized carbons (Fsp3) is 0.375. The average Bonchev–Trinajstić information content (AvgIpc) is 3.00. The molecule has 1 aliphatic rings. The number of ether oxygens (including phenoxy) is 2. The van der Waals surface area contributed by atoms with Crippen LogP contribution in [0.25, 0.3) is 5.76 Å². The molecule has 0 aliphatic carbocycles. The van der Waals surface area contributed by atoms with Crippen LogP contribution < -0.4 is 4.74 Å². The third-order valence-electron chi connectivity index (χ3n) is 5.07. The lowest BCUT2D eigenvalue weighted by Gasteiger charge is -2.25. The van der Waals surface area contributed by atoms with Gasteiger partial charge in [-0.2, -0.15) is 0 Å². The summed E-state index contributed by atoms with van der Waals surface area (Å²) in [4.78, 5) is 31.4. The van der Waals surface area contributed by atoms with Crippen molar-refractivity contribution in [1.82, 2.24) is 9.88 Å². The van der Waals surface area contributed by atoms with Gasteiger partial charge >= 0.3 is 0 Å². The predicted molar refractivity (Wildman–Crippen MR) is 117 cm³/mol. The third-order valence-corrected chi connectivity index (χ3v) is 5.07. The molecule has 0 saturated carbocycles. The van der Waals surface area contributed by atoms with E-state index in [0.29, 0.717) is 23.5 Å². The Hall–Kier alpha value is -3.19. The molecule has 1 atom stereocenters. The molecular weight excluding hydrogens is 396 g/mol. The van der Waals surface area contributed by atoms with Crippen molar-refractivity contribution in [3.05, 3.63) is 65.0 Å². The minimum absolute atomic E-state index is 0.000457. The lowest BCUT2D eigenvalue weighted by molar-refractivity contribution is -0.140. The van der Waals surface area contributed by atoms with Crippen molar-refractivity contribution in [2.45, 2.75) is 39.8 Å². The summed E-state index contributed by atoms with van der Waals surface area (Å²) in [6, 6.07) is 7.96. The Morgan fingerprint density at radius 2 is 2.03 bits per heavy atom. The van der Waals surface area contributed by atoms with Gasteiger partial charge in [0.1, 0.15) is 11.5 Å². The number of hydrogen-bond acceptors (Lipinski definition) is 6. The van der Waals surface area contributed by atoms with Crippen LogP contribution in [-0.2, 0) is 14.3 Å². The number of Topliss-reactive ketones (excluding diaryl/α,β-unsaturated/α-hetero) is 1. The van der Waals surface area contributed by atoms with Gasteiger partial charge in [-0.05, 0) is 63.1 Å². The number of carbonyl (C=O) groups is 2. The number of aromatic nitrogens is 1. The van der Waals surface area contributed by atoms with E-state index >= 15 is 0 Å². The number of ketones is 1. The van der Waals surface area contributed by atoms with E-state index < -0.39 is 17.7 Å². The van der Waals surface area contributed by atoms with E-state index in [2.05, 4.69) is 4.98 Å². The molecule has 2 aromatic rings. The average molecular weight is 424 g/mol. The van der Waals surface area contributed by atoms with Gasteiger partial charge in [-0.25, -0.2) is 0 Å². The van der Waals surface area contributed by atoms with E-state index in [1.807, 2.05) is 27.7 Å². The van der Waals surface area contributed by atoms with Crippen molar-refractivity contribution in [2.75, 3.05) is 19.8 Å². The van der Waals surface area contributed by atoms with Crippen LogP contribution in [0.15, 0.2) is 48.3 Å². The number of aliphatic hydroxyl groups excluding tert-OH is 1. The lowest BCUT2D eigenvalue weighted by atomic mass is 9.95. The van der Waals surface area contributed by atoms with Gasteiger partial charge in [0.05, 0.1) is 30.9 Å². The second-order valence-electron chi connectivity index (χ2n) is 7.61. The highest BCUT2D eigenvalue weighted by Crippen LogP contribution is 2.39. The number of benzene rings is 1. The van der Waals surface area contributed by atoms with Gasteiger partial charge in [0.15, 0.2) is 0 Å². The molecule has 0 radical (unpaired) electrons. The van der Waals surface area contributed by atoms with Crippen molar-refractivity contribution >= 4 is 17.4 Å². The third kappa shape index (κ3) is 4.77. The summed E-state index contributed by atoms with van der Waals surface area (Å²) in [7, 11) is 0. The number of pyridine rings is 1. The first-order valence-electron chi connectivity index (χ1n) is 10.4. The Balaban J connectivity index is 2.06. The topological polar surface area (TPSA) is 89.0 Å². The van der Waals surface area contributed by atoms with Crippen LogP contribution in [0.1, 0.15) is 43.5 Å². The fourth-order valence-electron chi connectivity index (χ4n) is 3.65. The molecule has 1 amide bonds. The molecule has 2 heterocycles. The van der Waals surface area contributed by atoms with E-state index in [9.17, 15) is 14.7 Å². The summed E-state index contributed by atoms with van der Waals surface area (Å²) in [5.74, 6) is -0.896. The van der Waals surface area contributed by atoms with Crippen molar-refractivity contribution in [3.8, 4) is 5.75 Å². The highest BCUT2D eigenvalue weighted by Gasteiger charge is 2.46. The minimum Gasteiger partial charge on any atom is -0.507 e. The Morgan fingerprint density at radius 1 is 1.26 bits per heavy atom. The highest BCUT2D eigenvalue weighted by molar-refractivity contribution is 6.46. The van der Waals surface area contributed by atoms with E-state index in [0.717, 1.165) is 5.56 Å². The first-order valence-corrected chi connectivity index (χ1v) is 10.4. The Morgan fingerprint density at radius 3 is 2.65 bits per heavy atom. The molecule has 0 spiro atoms. The highest BCUT2D eigenvalue weighted by atomic mass is 16.5. The molecule has 7 heteroatoms. The van der Waals surface area contributed by atoms with Gasteiger partial charge in [-0.3, -0.25) is 14.6 Å². The van der Waals surface area contributed by atoms with Crippen LogP contribution in [-0.4, -0.2) is 52.5 Å². The van der Waals surface area contributed by atoms with E-state index in [4.69, 9.17) is 9.47 Å². The molecule has 1 aromatic heterocycles. The molecule has 1 N–H and O–H groups in total. The molecule has 0 bridgehead atoms. The lowest BCUT2D eigenvalue weighted by Crippen LogP contribution is -2.33. The maximum Gasteiger partial charge on any atom is 0.295 e. The van der Waals surface area contributed by atoms with Crippen LogP contribution in [0.4, 0.5) is 0 Å². The van der Waals surface area contributed by atoms with Crippen molar-refractivity contribution in [1.29, 1.82) is 0 Å². The number of amides is 1. The number of rotatable bonds is 8. The normalized spacial score (nSPS) is 18.1. The molecule has 31 heavy (non-hydrogen) atoms. The van der Waals surface area contributed by atoms with Crippen LogP contribution >= 0.6 is 0 Å². The molecular formula is C24H28N2O5. The molecule has 164 valence electrons. The quantitative estimate of drug-likeness (QED) is 0.395. The van der Waals surface area contributed by atoms with E-state index in [1.54, 1.807) is 42.7 Å². The number of carbonyl (C=O) groups excluding carboxylic acids is 2. The monoisotopic (exact) mass is 424 g/mol. The van der Waals surface area contributed by atoms with Gasteiger partial charge in [-0.1, -0.05) is 6.07 Å². The number of likely N-dealkylation sites (tertiary alicyclic amines) is 1. The zero-order chi connectivity index (χ0) is 22.5. The van der Waals surface area contributed by atoms with Gasteiger partial charge < -0.3 is 19.5 Å². The van der Waals surface area contributed by atoms with Gasteiger partial charge in [0, 0.05) is 24.5 Å². The molecule has 7 nitrogen and oxygen atoms in total. The van der Waals surface area contributed by atoms with Crippen LogP contribution in [0.2, 0.25) is 0 Å². The Kier molecular flexibility index (Phi) is 7.07. The standard InChI is InChI=1S/C24H28N2O5/c1-5-30-19-9-8-17(13-16(19)4)22(27)20-21(18-7-6-10-25-14-18)26(24(29)23(20)28)11-12-31-15(2)3/h6-10,13-15,21,27H,5,11-12H2,1-4H3/b22-20-. The summed E-state index contributed by atoms with van der Waals surface area (Å²) < 4.78 is 11.1. The van der Waals surface area contributed by atoms with Crippen LogP contribution in [0, 0.1) is 6.92 Å². The first-order chi connectivity index (χ1) is 14.8. The summed E-state index contributed by atoms with van der Waals surface area (Å²) >= 11 is 0. The summed E-state index contributed by atoms with van der Waals surface area (Å²) in [6.45, 7) is 8.59. The van der Waals surface area contributed by atoms with Crippen LogP contribution in [0.5, 0.6) is 5.75 Å². The zero-order valence-corrected chi connectivity index (χ0v) is 18.3. The van der Waals surface area contributed by atoms with Gasteiger partial charge in [0.25, 0.3) is 11.7 Å². The number of nitrogens with zero attached hydrogens (tertiary/aromatic N) is 2.